The number of ether oxygens (including phenoxy) is 1. The molecule has 0 spiro atoms. The lowest BCUT2D eigenvalue weighted by Crippen LogP contribution is -2.41. The summed E-state index contributed by atoms with van der Waals surface area (Å²) in [5.41, 5.74) is 0.581. The van der Waals surface area contributed by atoms with Crippen molar-refractivity contribution < 1.29 is 14.3 Å². The Labute approximate surface area is 141 Å². The average molecular weight is 454 g/mol. The van der Waals surface area contributed by atoms with Gasteiger partial charge < -0.3 is 9.64 Å². The minimum Gasteiger partial charge on any atom is -0.465 e. The molecule has 0 aromatic heterocycles. The zero-order valence-electron chi connectivity index (χ0n) is 11.7. The third kappa shape index (κ3) is 4.73. The van der Waals surface area contributed by atoms with Gasteiger partial charge in [0, 0.05) is 14.1 Å². The first-order chi connectivity index (χ1) is 9.36. The van der Waals surface area contributed by atoms with Gasteiger partial charge in [-0.15, -0.1) is 0 Å². The van der Waals surface area contributed by atoms with E-state index in [-0.39, 0.29) is 24.5 Å². The Morgan fingerprint density at radius 3 is 2.60 bits per heavy atom. The van der Waals surface area contributed by atoms with Crippen LogP contribution in [0.15, 0.2) is 22.7 Å². The smallest absolute Gasteiger partial charge is 0.325 e. The van der Waals surface area contributed by atoms with Crippen LogP contribution in [0.5, 0.6) is 0 Å². The molecular formula is C14H17BrINO3. The highest BCUT2D eigenvalue weighted by molar-refractivity contribution is 14.1. The molecule has 110 valence electrons. The van der Waals surface area contributed by atoms with Gasteiger partial charge in [0.05, 0.1) is 12.2 Å². The second-order valence-corrected chi connectivity index (χ2v) is 6.53. The van der Waals surface area contributed by atoms with Gasteiger partial charge in [0.1, 0.15) is 6.54 Å². The van der Waals surface area contributed by atoms with Gasteiger partial charge in [0.15, 0.2) is 0 Å². The highest BCUT2D eigenvalue weighted by Crippen LogP contribution is 2.21. The molecule has 0 aliphatic heterocycles. The molecule has 6 heteroatoms. The first kappa shape index (κ1) is 17.4. The van der Waals surface area contributed by atoms with Crippen LogP contribution in [0.1, 0.15) is 31.1 Å². The van der Waals surface area contributed by atoms with E-state index in [0.29, 0.717) is 12.2 Å². The van der Waals surface area contributed by atoms with Gasteiger partial charge in [0.2, 0.25) is 0 Å². The quantitative estimate of drug-likeness (QED) is 0.506. The van der Waals surface area contributed by atoms with Crippen molar-refractivity contribution in [1.29, 1.82) is 0 Å². The number of nitrogens with zero attached hydrogens (tertiary/aromatic N) is 1. The maximum absolute atomic E-state index is 12.6. The summed E-state index contributed by atoms with van der Waals surface area (Å²) in [5, 5.41) is 0. The summed E-state index contributed by atoms with van der Waals surface area (Å²) in [7, 11) is 0. The Balaban J connectivity index is 2.99. The zero-order valence-corrected chi connectivity index (χ0v) is 15.4. The second kappa shape index (κ2) is 7.97. The normalized spacial score (nSPS) is 10.5. The van der Waals surface area contributed by atoms with Crippen LogP contribution in [-0.2, 0) is 9.53 Å². The van der Waals surface area contributed by atoms with Crippen molar-refractivity contribution in [1.82, 2.24) is 4.90 Å². The maximum atomic E-state index is 12.6. The average Bonchev–Trinajstić information content (AvgIpc) is 2.38. The highest BCUT2D eigenvalue weighted by Gasteiger charge is 2.23. The van der Waals surface area contributed by atoms with E-state index in [1.165, 1.54) is 4.90 Å². The number of esters is 1. The molecule has 0 heterocycles. The van der Waals surface area contributed by atoms with Crippen LogP contribution in [-0.4, -0.2) is 36.0 Å². The van der Waals surface area contributed by atoms with Crippen molar-refractivity contribution in [3.63, 3.8) is 0 Å². The largest absolute Gasteiger partial charge is 0.465 e. The second-order valence-electron chi connectivity index (χ2n) is 4.46. The zero-order chi connectivity index (χ0) is 15.3. The molecule has 0 radical (unpaired) electrons. The number of halogens is 2. The van der Waals surface area contributed by atoms with Crippen LogP contribution in [0.2, 0.25) is 0 Å². The number of hydrogen-bond donors (Lipinski definition) is 0. The molecule has 1 rings (SSSR count). The van der Waals surface area contributed by atoms with Crippen LogP contribution in [0, 0.1) is 3.57 Å². The van der Waals surface area contributed by atoms with E-state index >= 15 is 0 Å². The van der Waals surface area contributed by atoms with E-state index in [1.807, 2.05) is 26.0 Å². The molecule has 0 atom stereocenters. The Kier molecular flexibility index (Phi) is 6.94. The number of amides is 1. The van der Waals surface area contributed by atoms with E-state index in [0.717, 1.165) is 8.04 Å². The van der Waals surface area contributed by atoms with E-state index in [2.05, 4.69) is 38.5 Å². The van der Waals surface area contributed by atoms with E-state index in [4.69, 9.17) is 4.74 Å². The van der Waals surface area contributed by atoms with E-state index in [1.54, 1.807) is 13.0 Å². The van der Waals surface area contributed by atoms with Crippen molar-refractivity contribution in [3.05, 3.63) is 31.8 Å². The lowest BCUT2D eigenvalue weighted by molar-refractivity contribution is -0.144. The number of carbonyl (C=O) groups excluding carboxylic acids is 2. The first-order valence-electron chi connectivity index (χ1n) is 6.28. The lowest BCUT2D eigenvalue weighted by atomic mass is 10.1. The third-order valence-corrected chi connectivity index (χ3v) is 4.08. The number of benzene rings is 1. The number of rotatable bonds is 5. The van der Waals surface area contributed by atoms with Crippen molar-refractivity contribution >= 4 is 50.4 Å². The molecule has 4 nitrogen and oxygen atoms in total. The minimum atomic E-state index is -0.389. The molecule has 0 fully saturated rings. The van der Waals surface area contributed by atoms with Gasteiger partial charge >= 0.3 is 5.97 Å². The fourth-order valence-electron chi connectivity index (χ4n) is 1.65. The molecule has 1 aromatic rings. The Morgan fingerprint density at radius 2 is 2.05 bits per heavy atom. The molecule has 0 saturated heterocycles. The van der Waals surface area contributed by atoms with E-state index in [9.17, 15) is 9.59 Å². The molecular weight excluding hydrogens is 437 g/mol. The highest BCUT2D eigenvalue weighted by atomic mass is 127. The molecule has 0 unspecified atom stereocenters. The van der Waals surface area contributed by atoms with Crippen LogP contribution in [0.3, 0.4) is 0 Å². The maximum Gasteiger partial charge on any atom is 0.325 e. The molecule has 0 aliphatic carbocycles. The lowest BCUT2D eigenvalue weighted by Gasteiger charge is -2.26. The Hall–Kier alpha value is -0.630. The van der Waals surface area contributed by atoms with Crippen LogP contribution < -0.4 is 0 Å². The van der Waals surface area contributed by atoms with Crippen molar-refractivity contribution in [2.75, 3.05) is 13.2 Å². The molecule has 1 aromatic carbocycles. The summed E-state index contributed by atoms with van der Waals surface area (Å²) in [6.07, 6.45) is 0. The van der Waals surface area contributed by atoms with E-state index < -0.39 is 0 Å². The topological polar surface area (TPSA) is 46.6 Å². The van der Waals surface area contributed by atoms with Gasteiger partial charge in [-0.05, 0) is 61.6 Å². The summed E-state index contributed by atoms with van der Waals surface area (Å²) in [4.78, 5) is 25.7. The van der Waals surface area contributed by atoms with Crippen molar-refractivity contribution in [2.24, 2.45) is 0 Å². The summed E-state index contributed by atoms with van der Waals surface area (Å²) in [6.45, 7) is 5.78. The SMILES string of the molecule is CCOC(=O)CN(C(=O)c1cc(Br)ccc1I)C(C)C. The molecule has 20 heavy (non-hydrogen) atoms. The van der Waals surface area contributed by atoms with Crippen LogP contribution >= 0.6 is 38.5 Å². The monoisotopic (exact) mass is 453 g/mol. The Bertz CT molecular complexity index is 505. The molecule has 1 amide bonds. The first-order valence-corrected chi connectivity index (χ1v) is 8.15. The fourth-order valence-corrected chi connectivity index (χ4v) is 2.58. The molecule has 0 bridgehead atoms. The summed E-state index contributed by atoms with van der Waals surface area (Å²) >= 11 is 5.48. The minimum absolute atomic E-state index is 0.0348. The van der Waals surface area contributed by atoms with Gasteiger partial charge in [-0.3, -0.25) is 9.59 Å². The predicted molar refractivity (Wildman–Crippen MR) is 89.7 cm³/mol. The fraction of sp³-hybridized carbons (Fsp3) is 0.429. The third-order valence-electron chi connectivity index (χ3n) is 2.65. The van der Waals surface area contributed by atoms with Gasteiger partial charge in [-0.1, -0.05) is 15.9 Å². The van der Waals surface area contributed by atoms with Gasteiger partial charge in [-0.25, -0.2) is 0 Å². The van der Waals surface area contributed by atoms with Gasteiger partial charge in [0.25, 0.3) is 5.91 Å². The predicted octanol–water partition coefficient (Wildman–Crippen LogP) is 3.47. The molecule has 0 saturated carbocycles. The number of hydrogen-bond acceptors (Lipinski definition) is 3. The standard InChI is InChI=1S/C14H17BrINO3/c1-4-20-13(18)8-17(9(2)3)14(19)11-7-10(15)5-6-12(11)16/h5-7,9H,4,8H2,1-3H3. The summed E-state index contributed by atoms with van der Waals surface area (Å²) in [6, 6.07) is 5.43. The van der Waals surface area contributed by atoms with Crippen LogP contribution in [0.4, 0.5) is 0 Å². The van der Waals surface area contributed by atoms with Crippen molar-refractivity contribution in [2.45, 2.75) is 26.8 Å². The Morgan fingerprint density at radius 1 is 1.40 bits per heavy atom. The summed E-state index contributed by atoms with van der Waals surface area (Å²) in [5.74, 6) is -0.557. The number of carbonyl (C=O) groups is 2. The van der Waals surface area contributed by atoms with Crippen LogP contribution in [0.25, 0.3) is 0 Å². The molecule has 0 N–H and O–H groups in total. The van der Waals surface area contributed by atoms with Gasteiger partial charge in [-0.2, -0.15) is 0 Å². The summed E-state index contributed by atoms with van der Waals surface area (Å²) < 4.78 is 6.61. The van der Waals surface area contributed by atoms with Crippen molar-refractivity contribution in [3.8, 4) is 0 Å². The molecule has 0 aliphatic rings.